The average Bonchev–Trinajstić information content (AvgIpc) is 3.98. The normalized spacial score (nSPS) is 14.9. The van der Waals surface area contributed by atoms with Gasteiger partial charge in [0.05, 0.1) is 39.1 Å². The number of aromatic nitrogens is 2. The first-order valence-electron chi connectivity index (χ1n) is 24.2. The lowest BCUT2D eigenvalue weighted by Gasteiger charge is -2.41. The van der Waals surface area contributed by atoms with Crippen LogP contribution < -0.4 is 16.4 Å². The number of aryl methyl sites for hydroxylation is 1. The first kappa shape index (κ1) is 39.4. The van der Waals surface area contributed by atoms with Crippen molar-refractivity contribution in [3.63, 3.8) is 0 Å². The number of nitrogens with one attached hydrogen (secondary N) is 1. The van der Waals surface area contributed by atoms with Crippen LogP contribution in [0.1, 0.15) is 83.4 Å². The van der Waals surface area contributed by atoms with Crippen molar-refractivity contribution in [2.75, 3.05) is 5.32 Å². The number of benzene rings is 8. The summed E-state index contributed by atoms with van der Waals surface area (Å²) in [6, 6.07) is 57.0. The monoisotopic (exact) mass is 855 g/mol. The van der Waals surface area contributed by atoms with E-state index in [0.717, 1.165) is 41.9 Å². The molecule has 66 heavy (non-hydrogen) atoms. The van der Waals surface area contributed by atoms with Crippen molar-refractivity contribution < 1.29 is 4.42 Å². The number of hydrogen-bond acceptors (Lipinski definition) is 2. The molecular weight excluding hydrogens is 802 g/mol. The van der Waals surface area contributed by atoms with E-state index in [1.54, 1.807) is 0 Å². The molecule has 4 nitrogen and oxygen atoms in total. The largest absolute Gasteiger partial charge is 0.469 e. The fourth-order valence-corrected chi connectivity index (χ4v) is 12.0. The predicted molar refractivity (Wildman–Crippen MR) is 282 cm³/mol. The third-order valence-electron chi connectivity index (χ3n) is 15.6. The molecule has 0 saturated heterocycles. The lowest BCUT2D eigenvalue weighted by molar-refractivity contribution is 0.332. The van der Waals surface area contributed by atoms with Gasteiger partial charge in [-0.2, -0.15) is 0 Å². The molecule has 0 fully saturated rings. The predicted octanol–water partition coefficient (Wildman–Crippen LogP) is 15.0. The SMILES string of the molecule is CCCCCc1ccc(Nc2ccccc2-c2cc(-n3c4ccccc4c4ccccc43)c3c4cc5ccccc5cc4n4c3c2Bc2oc3cc5c(cc3c2-4)C(C)(C)CCC5(C)C)cc1. The minimum absolute atomic E-state index is 0.0585. The summed E-state index contributed by atoms with van der Waals surface area (Å²) in [6.07, 6.45) is 7.16. The van der Waals surface area contributed by atoms with Crippen LogP contribution in [0.2, 0.25) is 0 Å². The first-order valence-corrected chi connectivity index (χ1v) is 24.2. The second-order valence-corrected chi connectivity index (χ2v) is 20.6. The van der Waals surface area contributed by atoms with Gasteiger partial charge in [-0.1, -0.05) is 138 Å². The van der Waals surface area contributed by atoms with Crippen molar-refractivity contribution in [2.24, 2.45) is 0 Å². The molecule has 2 aliphatic rings. The van der Waals surface area contributed by atoms with Gasteiger partial charge in [-0.05, 0) is 136 Å². The highest BCUT2D eigenvalue weighted by molar-refractivity contribution is 6.73. The average molecular weight is 856 g/mol. The molecule has 1 aliphatic heterocycles. The smallest absolute Gasteiger partial charge is 0.244 e. The Hall–Kier alpha value is -6.98. The molecule has 11 aromatic rings. The zero-order valence-corrected chi connectivity index (χ0v) is 38.7. The van der Waals surface area contributed by atoms with Crippen molar-refractivity contribution in [1.29, 1.82) is 0 Å². The molecule has 13 rings (SSSR count). The minimum Gasteiger partial charge on any atom is -0.469 e. The molecule has 1 N–H and O–H groups in total. The summed E-state index contributed by atoms with van der Waals surface area (Å²) in [5, 5.41) is 12.6. The fraction of sp³-hybridized carbons (Fsp3) is 0.213. The van der Waals surface area contributed by atoms with Crippen molar-refractivity contribution in [3.05, 3.63) is 168 Å². The van der Waals surface area contributed by atoms with Crippen LogP contribution in [0.5, 0.6) is 0 Å². The summed E-state index contributed by atoms with van der Waals surface area (Å²) < 4.78 is 12.4. The minimum atomic E-state index is 0.0585. The quantitative estimate of drug-likeness (QED) is 0.122. The third kappa shape index (κ3) is 5.84. The number of anilines is 2. The summed E-state index contributed by atoms with van der Waals surface area (Å²) in [5.41, 5.74) is 19.5. The molecule has 3 aromatic heterocycles. The molecule has 5 heteroatoms. The summed E-state index contributed by atoms with van der Waals surface area (Å²) >= 11 is 0. The second kappa shape index (κ2) is 14.5. The Bertz CT molecular complexity index is 3730. The summed E-state index contributed by atoms with van der Waals surface area (Å²) in [6.45, 7) is 12.0. The molecule has 0 amide bonds. The second-order valence-electron chi connectivity index (χ2n) is 20.6. The summed E-state index contributed by atoms with van der Waals surface area (Å²) in [7, 11) is 0.678. The van der Waals surface area contributed by atoms with Gasteiger partial charge < -0.3 is 18.9 Å². The number of fused-ring (bicyclic) bond motifs is 12. The van der Waals surface area contributed by atoms with E-state index in [2.05, 4.69) is 201 Å². The van der Waals surface area contributed by atoms with Crippen LogP contribution in [0.25, 0.3) is 87.9 Å². The third-order valence-corrected chi connectivity index (χ3v) is 15.6. The van der Waals surface area contributed by atoms with E-state index >= 15 is 0 Å². The first-order chi connectivity index (χ1) is 32.2. The zero-order chi connectivity index (χ0) is 44.5. The summed E-state index contributed by atoms with van der Waals surface area (Å²) in [5.74, 6) is 0. The zero-order valence-electron chi connectivity index (χ0n) is 38.7. The molecule has 4 heterocycles. The van der Waals surface area contributed by atoms with E-state index in [0.29, 0.717) is 7.28 Å². The molecule has 0 radical (unpaired) electrons. The van der Waals surface area contributed by atoms with Gasteiger partial charge in [0.2, 0.25) is 7.28 Å². The number of furan rings is 1. The molecule has 0 atom stereocenters. The van der Waals surface area contributed by atoms with Gasteiger partial charge in [0.25, 0.3) is 0 Å². The Morgan fingerprint density at radius 2 is 1.24 bits per heavy atom. The number of rotatable bonds is 8. The Morgan fingerprint density at radius 1 is 0.591 bits per heavy atom. The maximum Gasteiger partial charge on any atom is 0.244 e. The van der Waals surface area contributed by atoms with E-state index in [4.69, 9.17) is 4.42 Å². The Kier molecular flexibility index (Phi) is 8.66. The molecule has 8 aromatic carbocycles. The van der Waals surface area contributed by atoms with Crippen LogP contribution in [-0.4, -0.2) is 16.4 Å². The number of para-hydroxylation sites is 3. The van der Waals surface area contributed by atoms with Gasteiger partial charge in [-0.3, -0.25) is 0 Å². The topological polar surface area (TPSA) is 35.0 Å². The maximum absolute atomic E-state index is 7.25. The highest BCUT2D eigenvalue weighted by Gasteiger charge is 2.39. The van der Waals surface area contributed by atoms with Crippen LogP contribution in [0.15, 0.2) is 156 Å². The highest BCUT2D eigenvalue weighted by atomic mass is 16.3. The van der Waals surface area contributed by atoms with Crippen LogP contribution >= 0.6 is 0 Å². The van der Waals surface area contributed by atoms with Crippen LogP contribution in [0.4, 0.5) is 11.4 Å². The number of hydrogen-bond donors (Lipinski definition) is 1. The Morgan fingerprint density at radius 3 is 1.97 bits per heavy atom. The molecule has 1 aliphatic carbocycles. The van der Waals surface area contributed by atoms with E-state index in [9.17, 15) is 0 Å². The van der Waals surface area contributed by atoms with Crippen molar-refractivity contribution in [3.8, 4) is 22.5 Å². The standard InChI is InChI=1S/C61H54BN3O/c1-6-7-8-17-37-26-28-40(29-27-37)63-49-23-14-11-20-41(49)44-35-53(64-50-24-15-12-21-42(50)43-22-13-16-25-51(43)64)55-45-32-38-18-9-10-19-39(38)33-52(45)65-57-46-34-47-48(61(4,5)31-30-60(47,2)3)36-54(46)66-59(57)62-56(44)58(55)65/h9-16,18-29,32-36,62-63H,6-8,17,30-31H2,1-5H3. The lowest BCUT2D eigenvalue weighted by Crippen LogP contribution is -2.36. The Labute approximate surface area is 387 Å². The number of nitrogens with zero attached hydrogens (tertiary/aromatic N) is 2. The molecule has 322 valence electrons. The molecular formula is C61H54BN3O. The van der Waals surface area contributed by atoms with E-state index in [1.165, 1.54) is 124 Å². The van der Waals surface area contributed by atoms with Gasteiger partial charge in [0, 0.05) is 43.9 Å². The van der Waals surface area contributed by atoms with E-state index < -0.39 is 0 Å². The molecule has 0 unspecified atom stereocenters. The van der Waals surface area contributed by atoms with Gasteiger partial charge >= 0.3 is 0 Å². The van der Waals surface area contributed by atoms with Crippen molar-refractivity contribution in [1.82, 2.24) is 9.13 Å². The summed E-state index contributed by atoms with van der Waals surface area (Å²) in [4.78, 5) is 0. The number of unbranched alkanes of at least 4 members (excludes halogenated alkanes) is 2. The van der Waals surface area contributed by atoms with E-state index in [1.807, 2.05) is 0 Å². The van der Waals surface area contributed by atoms with Gasteiger partial charge in [0.15, 0.2) is 0 Å². The van der Waals surface area contributed by atoms with Crippen molar-refractivity contribution >= 4 is 95.1 Å². The van der Waals surface area contributed by atoms with Crippen LogP contribution in [0, 0.1) is 0 Å². The van der Waals surface area contributed by atoms with Gasteiger partial charge in [-0.25, -0.2) is 0 Å². The Balaban J connectivity index is 1.15. The molecule has 0 bridgehead atoms. The van der Waals surface area contributed by atoms with Crippen LogP contribution in [0.3, 0.4) is 0 Å². The maximum atomic E-state index is 7.25. The fourth-order valence-electron chi connectivity index (χ4n) is 12.0. The van der Waals surface area contributed by atoms with Crippen molar-refractivity contribution in [2.45, 2.75) is 84.0 Å². The highest BCUT2D eigenvalue weighted by Crippen LogP contribution is 2.50. The van der Waals surface area contributed by atoms with E-state index in [-0.39, 0.29) is 10.8 Å². The van der Waals surface area contributed by atoms with Crippen LogP contribution in [-0.2, 0) is 17.3 Å². The van der Waals surface area contributed by atoms with Gasteiger partial charge in [-0.15, -0.1) is 0 Å². The van der Waals surface area contributed by atoms with Gasteiger partial charge in [0.1, 0.15) is 5.58 Å². The molecule has 0 spiro atoms. The molecule has 0 saturated carbocycles. The lowest BCUT2D eigenvalue weighted by atomic mass is 9.61.